The Kier molecular flexibility index (Phi) is 2.60. The lowest BCUT2D eigenvalue weighted by Gasteiger charge is -2.10. The monoisotopic (exact) mass is 355 g/mol. The Labute approximate surface area is 162 Å². The first-order valence-electron chi connectivity index (χ1n) is 9.84. The fourth-order valence-corrected chi connectivity index (χ4v) is 5.21. The Hall–Kier alpha value is -3.58. The maximum atomic E-state index is 3.71. The van der Waals surface area contributed by atoms with Gasteiger partial charge in [-0.25, -0.2) is 0 Å². The van der Waals surface area contributed by atoms with Crippen LogP contribution in [0.4, 0.5) is 0 Å². The van der Waals surface area contributed by atoms with E-state index in [9.17, 15) is 0 Å². The Morgan fingerprint density at radius 1 is 0.643 bits per heavy atom. The van der Waals surface area contributed by atoms with E-state index >= 15 is 0 Å². The zero-order chi connectivity index (χ0) is 18.2. The van der Waals surface area contributed by atoms with Crippen molar-refractivity contribution in [2.75, 3.05) is 0 Å². The summed E-state index contributed by atoms with van der Waals surface area (Å²) >= 11 is 0. The van der Waals surface area contributed by atoms with Crippen LogP contribution in [0, 0.1) is 0 Å². The highest BCUT2D eigenvalue weighted by molar-refractivity contribution is 6.24. The van der Waals surface area contributed by atoms with Crippen LogP contribution in [0.3, 0.4) is 0 Å². The third kappa shape index (κ3) is 1.72. The summed E-state index contributed by atoms with van der Waals surface area (Å²) in [5.41, 5.74) is 8.23. The Morgan fingerprint density at radius 2 is 1.32 bits per heavy atom. The molecule has 0 atom stereocenters. The van der Waals surface area contributed by atoms with E-state index in [-0.39, 0.29) is 0 Å². The summed E-state index contributed by atoms with van der Waals surface area (Å²) in [6.07, 6.45) is 0.999. The lowest BCUT2D eigenvalue weighted by molar-refractivity contribution is 1.30. The standard InChI is InChI=1S/C27H17N/c1-2-8-17-14-22-18(13-16(17)7-1)15-23-25(22)19-9-3-4-10-20(19)27-26(23)21-11-5-6-12-24(21)28-27/h1-14,28H,15H2. The number of rotatable bonds is 0. The van der Waals surface area contributed by atoms with Crippen molar-refractivity contribution in [2.45, 2.75) is 6.42 Å². The average Bonchev–Trinajstić information content (AvgIpc) is 3.30. The maximum Gasteiger partial charge on any atom is 0.0547 e. The van der Waals surface area contributed by atoms with Gasteiger partial charge in [-0.1, -0.05) is 72.8 Å². The Morgan fingerprint density at radius 3 is 2.18 bits per heavy atom. The molecule has 1 heteroatoms. The second-order valence-electron chi connectivity index (χ2n) is 7.85. The molecular formula is C27H17N. The lowest BCUT2D eigenvalue weighted by Crippen LogP contribution is -1.86. The highest BCUT2D eigenvalue weighted by atomic mass is 14.7. The van der Waals surface area contributed by atoms with E-state index in [1.807, 2.05) is 0 Å². The van der Waals surface area contributed by atoms with Gasteiger partial charge in [0.1, 0.15) is 0 Å². The molecule has 0 radical (unpaired) electrons. The fourth-order valence-electron chi connectivity index (χ4n) is 5.21. The molecule has 1 nitrogen and oxygen atoms in total. The van der Waals surface area contributed by atoms with Gasteiger partial charge < -0.3 is 4.98 Å². The summed E-state index contributed by atoms with van der Waals surface area (Å²) in [4.78, 5) is 3.71. The van der Waals surface area contributed by atoms with Gasteiger partial charge in [-0.15, -0.1) is 0 Å². The van der Waals surface area contributed by atoms with Gasteiger partial charge in [0.15, 0.2) is 0 Å². The summed E-state index contributed by atoms with van der Waals surface area (Å²) in [6.45, 7) is 0. The number of H-pyrrole nitrogens is 1. The van der Waals surface area contributed by atoms with Gasteiger partial charge >= 0.3 is 0 Å². The van der Waals surface area contributed by atoms with Crippen molar-refractivity contribution >= 4 is 43.4 Å². The highest BCUT2D eigenvalue weighted by Gasteiger charge is 2.26. The minimum Gasteiger partial charge on any atom is -0.354 e. The summed E-state index contributed by atoms with van der Waals surface area (Å²) in [7, 11) is 0. The number of hydrogen-bond acceptors (Lipinski definition) is 0. The van der Waals surface area contributed by atoms with E-state index in [4.69, 9.17) is 0 Å². The normalized spacial score (nSPS) is 12.9. The predicted molar refractivity (Wildman–Crippen MR) is 119 cm³/mol. The first kappa shape index (κ1) is 14.5. The van der Waals surface area contributed by atoms with Gasteiger partial charge in [-0.2, -0.15) is 0 Å². The number of para-hydroxylation sites is 1. The van der Waals surface area contributed by atoms with Crippen LogP contribution in [-0.2, 0) is 6.42 Å². The number of aromatic amines is 1. The highest BCUT2D eigenvalue weighted by Crippen LogP contribution is 2.48. The third-order valence-electron chi connectivity index (χ3n) is 6.38. The van der Waals surface area contributed by atoms with Gasteiger partial charge in [-0.05, 0) is 57.0 Å². The van der Waals surface area contributed by atoms with Crippen molar-refractivity contribution in [3.05, 3.63) is 96.1 Å². The third-order valence-corrected chi connectivity index (χ3v) is 6.38. The summed E-state index contributed by atoms with van der Waals surface area (Å²) in [5.74, 6) is 0. The molecule has 0 aliphatic heterocycles. The van der Waals surface area contributed by atoms with Crippen LogP contribution >= 0.6 is 0 Å². The van der Waals surface area contributed by atoms with E-state index in [2.05, 4.69) is 89.9 Å². The van der Waals surface area contributed by atoms with Crippen LogP contribution in [-0.4, -0.2) is 4.98 Å². The molecule has 7 rings (SSSR count). The van der Waals surface area contributed by atoms with Crippen molar-refractivity contribution in [1.29, 1.82) is 0 Å². The molecule has 0 amide bonds. The number of benzene rings is 5. The molecule has 0 saturated heterocycles. The molecule has 6 aromatic rings. The smallest absolute Gasteiger partial charge is 0.0547 e. The van der Waals surface area contributed by atoms with Crippen molar-refractivity contribution < 1.29 is 0 Å². The van der Waals surface area contributed by atoms with Gasteiger partial charge in [0.25, 0.3) is 0 Å². The van der Waals surface area contributed by atoms with Crippen molar-refractivity contribution in [3.63, 3.8) is 0 Å². The molecule has 28 heavy (non-hydrogen) atoms. The molecule has 0 unspecified atom stereocenters. The first-order valence-corrected chi connectivity index (χ1v) is 9.84. The van der Waals surface area contributed by atoms with Gasteiger partial charge in [-0.3, -0.25) is 0 Å². The van der Waals surface area contributed by atoms with Gasteiger partial charge in [0, 0.05) is 21.7 Å². The largest absolute Gasteiger partial charge is 0.354 e. The second-order valence-corrected chi connectivity index (χ2v) is 7.85. The molecule has 130 valence electrons. The summed E-state index contributed by atoms with van der Waals surface area (Å²) in [5, 5.41) is 8.03. The molecule has 1 aromatic heterocycles. The van der Waals surface area contributed by atoms with Crippen molar-refractivity contribution in [3.8, 4) is 11.1 Å². The Bertz CT molecular complexity index is 1580. The molecule has 1 N–H and O–H groups in total. The number of aromatic nitrogens is 1. The van der Waals surface area contributed by atoms with Crippen molar-refractivity contribution in [1.82, 2.24) is 4.98 Å². The van der Waals surface area contributed by atoms with Crippen LogP contribution in [0.1, 0.15) is 11.1 Å². The van der Waals surface area contributed by atoms with Crippen LogP contribution in [0.15, 0.2) is 84.9 Å². The maximum absolute atomic E-state index is 3.71. The van der Waals surface area contributed by atoms with E-state index in [0.717, 1.165) is 6.42 Å². The fraction of sp³-hybridized carbons (Fsp3) is 0.0370. The van der Waals surface area contributed by atoms with Crippen LogP contribution in [0.2, 0.25) is 0 Å². The van der Waals surface area contributed by atoms with E-state index < -0.39 is 0 Å². The Balaban J connectivity index is 1.73. The quantitative estimate of drug-likeness (QED) is 0.296. The summed E-state index contributed by atoms with van der Waals surface area (Å²) in [6, 6.07) is 31.0. The minimum absolute atomic E-state index is 0.999. The average molecular weight is 355 g/mol. The zero-order valence-corrected chi connectivity index (χ0v) is 15.3. The van der Waals surface area contributed by atoms with Crippen molar-refractivity contribution in [2.24, 2.45) is 0 Å². The molecule has 1 aliphatic rings. The zero-order valence-electron chi connectivity index (χ0n) is 15.3. The van der Waals surface area contributed by atoms with Crippen LogP contribution < -0.4 is 0 Å². The van der Waals surface area contributed by atoms with Gasteiger partial charge in [0.2, 0.25) is 0 Å². The molecule has 0 bridgehead atoms. The molecule has 0 spiro atoms. The summed E-state index contributed by atoms with van der Waals surface area (Å²) < 4.78 is 0. The molecule has 5 aromatic carbocycles. The predicted octanol–water partition coefficient (Wildman–Crippen LogP) is 7.20. The number of hydrogen-bond donors (Lipinski definition) is 1. The van der Waals surface area contributed by atoms with E-state index in [1.54, 1.807) is 0 Å². The molecule has 0 saturated carbocycles. The topological polar surface area (TPSA) is 15.8 Å². The second kappa shape index (κ2) is 5.02. The number of fused-ring (bicyclic) bond motifs is 11. The SMILES string of the molecule is c1ccc2cc3c(cc2c1)Cc1c-3c2ccccc2c2[nH]c3ccccc3c12. The van der Waals surface area contributed by atoms with E-state index in [0.29, 0.717) is 0 Å². The molecule has 1 heterocycles. The molecule has 1 aliphatic carbocycles. The molecule has 0 fully saturated rings. The van der Waals surface area contributed by atoms with E-state index in [1.165, 1.54) is 65.6 Å². The number of nitrogens with one attached hydrogen (secondary N) is 1. The van der Waals surface area contributed by atoms with Crippen LogP contribution in [0.25, 0.3) is 54.5 Å². The first-order chi connectivity index (χ1) is 13.9. The van der Waals surface area contributed by atoms with Gasteiger partial charge in [0.05, 0.1) is 5.52 Å². The lowest BCUT2D eigenvalue weighted by atomic mass is 9.93. The van der Waals surface area contributed by atoms with Crippen LogP contribution in [0.5, 0.6) is 0 Å². The minimum atomic E-state index is 0.999. The molecular weight excluding hydrogens is 338 g/mol.